The molecule has 110 valence electrons. The zero-order valence-corrected chi connectivity index (χ0v) is 12.0. The summed E-state index contributed by atoms with van der Waals surface area (Å²) in [6.45, 7) is 0.788. The van der Waals surface area contributed by atoms with Crippen LogP contribution in [-0.4, -0.2) is 22.6 Å². The van der Waals surface area contributed by atoms with E-state index in [9.17, 15) is 9.90 Å². The summed E-state index contributed by atoms with van der Waals surface area (Å²) in [5.41, 5.74) is 1.07. The summed E-state index contributed by atoms with van der Waals surface area (Å²) in [6, 6.07) is 9.30. The average Bonchev–Trinajstić information content (AvgIpc) is 2.99. The van der Waals surface area contributed by atoms with E-state index in [-0.39, 0.29) is 5.56 Å². The van der Waals surface area contributed by atoms with Crippen LogP contribution in [0.4, 0.5) is 5.82 Å². The Morgan fingerprint density at radius 1 is 1.29 bits per heavy atom. The molecule has 1 fully saturated rings. The highest BCUT2D eigenvalue weighted by atomic mass is 16.4. The van der Waals surface area contributed by atoms with Crippen molar-refractivity contribution in [3.05, 3.63) is 35.9 Å². The van der Waals surface area contributed by atoms with Gasteiger partial charge in [-0.2, -0.15) is 0 Å². The van der Waals surface area contributed by atoms with Gasteiger partial charge in [-0.25, -0.2) is 9.78 Å². The van der Waals surface area contributed by atoms with Gasteiger partial charge in [0.15, 0.2) is 0 Å². The molecule has 1 aromatic heterocycles. The van der Waals surface area contributed by atoms with Gasteiger partial charge in [0.1, 0.15) is 11.4 Å². The minimum atomic E-state index is -0.934. The van der Waals surface area contributed by atoms with Crippen LogP contribution in [-0.2, 0) is 0 Å². The Hall–Kier alpha value is -2.10. The van der Waals surface area contributed by atoms with Gasteiger partial charge >= 0.3 is 5.97 Å². The second-order valence-corrected chi connectivity index (χ2v) is 5.75. The van der Waals surface area contributed by atoms with Crippen LogP contribution in [0.1, 0.15) is 42.5 Å². The molecule has 0 spiro atoms. The molecule has 2 aromatic rings. The fraction of sp³-hybridized carbons (Fsp3) is 0.412. The zero-order chi connectivity index (χ0) is 14.7. The molecule has 0 amide bonds. The smallest absolute Gasteiger partial charge is 0.339 e. The number of pyridine rings is 1. The van der Waals surface area contributed by atoms with Crippen LogP contribution in [0.3, 0.4) is 0 Å². The molecule has 1 aromatic carbocycles. The van der Waals surface area contributed by atoms with Crippen LogP contribution < -0.4 is 5.32 Å². The van der Waals surface area contributed by atoms with Crippen molar-refractivity contribution >= 4 is 22.7 Å². The summed E-state index contributed by atoms with van der Waals surface area (Å²) >= 11 is 0. The van der Waals surface area contributed by atoms with Gasteiger partial charge < -0.3 is 10.4 Å². The highest BCUT2D eigenvalue weighted by molar-refractivity contribution is 5.98. The quantitative estimate of drug-likeness (QED) is 0.873. The Morgan fingerprint density at radius 2 is 2.05 bits per heavy atom. The maximum Gasteiger partial charge on any atom is 0.339 e. The van der Waals surface area contributed by atoms with Crippen LogP contribution >= 0.6 is 0 Å². The minimum absolute atomic E-state index is 0.250. The third-order valence-electron chi connectivity index (χ3n) is 4.27. The summed E-state index contributed by atoms with van der Waals surface area (Å²) in [6.07, 6.45) is 6.36. The van der Waals surface area contributed by atoms with Crippen LogP contribution in [0, 0.1) is 5.92 Å². The van der Waals surface area contributed by atoms with E-state index in [4.69, 9.17) is 0 Å². The molecule has 1 saturated carbocycles. The van der Waals surface area contributed by atoms with Crippen molar-refractivity contribution in [3.8, 4) is 0 Å². The van der Waals surface area contributed by atoms with Gasteiger partial charge in [-0.1, -0.05) is 43.9 Å². The fourth-order valence-electron chi connectivity index (χ4n) is 3.11. The maximum absolute atomic E-state index is 11.4. The first-order valence-corrected chi connectivity index (χ1v) is 7.61. The molecule has 1 aliphatic carbocycles. The molecular weight excluding hydrogens is 264 g/mol. The standard InChI is InChI=1S/C17H20N2O2/c20-17(21)14-11-13-7-3-4-8-15(13)19-16(14)18-10-9-12-5-1-2-6-12/h3-4,7-8,11-12H,1-2,5-6,9-10H2,(H,18,19)(H,20,21). The normalized spacial score (nSPS) is 15.4. The van der Waals surface area contributed by atoms with Gasteiger partial charge in [-0.3, -0.25) is 0 Å². The van der Waals surface area contributed by atoms with Crippen LogP contribution in [0.2, 0.25) is 0 Å². The topological polar surface area (TPSA) is 62.2 Å². The molecule has 2 N–H and O–H groups in total. The number of carbonyl (C=O) groups is 1. The lowest BCUT2D eigenvalue weighted by molar-refractivity contribution is 0.0698. The number of nitrogens with one attached hydrogen (secondary N) is 1. The largest absolute Gasteiger partial charge is 0.478 e. The molecular formula is C17H20N2O2. The molecule has 4 heteroatoms. The third-order valence-corrected chi connectivity index (χ3v) is 4.27. The lowest BCUT2D eigenvalue weighted by atomic mass is 10.0. The highest BCUT2D eigenvalue weighted by Crippen LogP contribution is 2.27. The van der Waals surface area contributed by atoms with Crippen molar-refractivity contribution < 1.29 is 9.90 Å². The van der Waals surface area contributed by atoms with E-state index in [1.54, 1.807) is 6.07 Å². The lowest BCUT2D eigenvalue weighted by Gasteiger charge is -2.12. The number of hydrogen-bond acceptors (Lipinski definition) is 3. The SMILES string of the molecule is O=C(O)c1cc2ccccc2nc1NCCC1CCCC1. The number of para-hydroxylation sites is 1. The first kappa shape index (κ1) is 13.9. The predicted molar refractivity (Wildman–Crippen MR) is 83.8 cm³/mol. The molecule has 1 aliphatic rings. The van der Waals surface area contributed by atoms with Crippen LogP contribution in [0.15, 0.2) is 30.3 Å². The Labute approximate surface area is 124 Å². The van der Waals surface area contributed by atoms with E-state index in [1.807, 2.05) is 24.3 Å². The van der Waals surface area contributed by atoms with Crippen molar-refractivity contribution in [2.75, 3.05) is 11.9 Å². The number of benzene rings is 1. The summed E-state index contributed by atoms with van der Waals surface area (Å²) < 4.78 is 0. The Kier molecular flexibility index (Phi) is 4.04. The number of carboxylic acids is 1. The van der Waals surface area contributed by atoms with Gasteiger partial charge in [-0.15, -0.1) is 0 Å². The first-order valence-electron chi connectivity index (χ1n) is 7.61. The van der Waals surface area contributed by atoms with E-state index >= 15 is 0 Å². The van der Waals surface area contributed by atoms with Crippen LogP contribution in [0.25, 0.3) is 10.9 Å². The van der Waals surface area contributed by atoms with Gasteiger partial charge in [-0.05, 0) is 24.5 Å². The molecule has 3 rings (SSSR count). The van der Waals surface area contributed by atoms with Gasteiger partial charge in [0, 0.05) is 11.9 Å². The van der Waals surface area contributed by atoms with E-state index < -0.39 is 5.97 Å². The number of aromatic carboxylic acids is 1. The summed E-state index contributed by atoms with van der Waals surface area (Å²) in [5.74, 6) is 0.335. The molecule has 0 unspecified atom stereocenters. The lowest BCUT2D eigenvalue weighted by Crippen LogP contribution is -2.12. The number of nitrogens with zero attached hydrogens (tertiary/aromatic N) is 1. The average molecular weight is 284 g/mol. The first-order chi connectivity index (χ1) is 10.2. The van der Waals surface area contributed by atoms with Crippen molar-refractivity contribution in [2.24, 2.45) is 5.92 Å². The predicted octanol–water partition coefficient (Wildman–Crippen LogP) is 3.93. The summed E-state index contributed by atoms with van der Waals surface area (Å²) in [4.78, 5) is 15.9. The van der Waals surface area contributed by atoms with E-state index in [2.05, 4.69) is 10.3 Å². The summed E-state index contributed by atoms with van der Waals surface area (Å²) in [7, 11) is 0. The number of carboxylic acid groups (broad SMARTS) is 1. The van der Waals surface area contributed by atoms with Crippen molar-refractivity contribution in [1.82, 2.24) is 4.98 Å². The molecule has 0 radical (unpaired) electrons. The number of hydrogen-bond donors (Lipinski definition) is 2. The fourth-order valence-corrected chi connectivity index (χ4v) is 3.11. The number of anilines is 1. The number of aromatic nitrogens is 1. The third kappa shape index (κ3) is 3.15. The van der Waals surface area contributed by atoms with Gasteiger partial charge in [0.05, 0.1) is 5.52 Å². The Bertz CT molecular complexity index is 648. The van der Waals surface area contributed by atoms with Crippen molar-refractivity contribution in [3.63, 3.8) is 0 Å². The molecule has 0 atom stereocenters. The van der Waals surface area contributed by atoms with E-state index in [0.717, 1.165) is 29.8 Å². The van der Waals surface area contributed by atoms with E-state index in [1.165, 1.54) is 25.7 Å². The molecule has 0 bridgehead atoms. The van der Waals surface area contributed by atoms with Gasteiger partial charge in [0.25, 0.3) is 0 Å². The monoisotopic (exact) mass is 284 g/mol. The van der Waals surface area contributed by atoms with E-state index in [0.29, 0.717) is 5.82 Å². The molecule has 1 heterocycles. The number of fused-ring (bicyclic) bond motifs is 1. The second kappa shape index (κ2) is 6.12. The van der Waals surface area contributed by atoms with Crippen LogP contribution in [0.5, 0.6) is 0 Å². The molecule has 4 nitrogen and oxygen atoms in total. The van der Waals surface area contributed by atoms with Crippen molar-refractivity contribution in [2.45, 2.75) is 32.1 Å². The molecule has 0 aliphatic heterocycles. The molecule has 21 heavy (non-hydrogen) atoms. The Balaban J connectivity index is 1.78. The van der Waals surface area contributed by atoms with Crippen molar-refractivity contribution in [1.29, 1.82) is 0 Å². The minimum Gasteiger partial charge on any atom is -0.478 e. The zero-order valence-electron chi connectivity index (χ0n) is 12.0. The molecule has 0 saturated heterocycles. The van der Waals surface area contributed by atoms with Gasteiger partial charge in [0.2, 0.25) is 0 Å². The number of rotatable bonds is 5. The Morgan fingerprint density at radius 3 is 2.81 bits per heavy atom. The summed E-state index contributed by atoms with van der Waals surface area (Å²) in [5, 5.41) is 13.4. The maximum atomic E-state index is 11.4. The highest BCUT2D eigenvalue weighted by Gasteiger charge is 2.16. The second-order valence-electron chi connectivity index (χ2n) is 5.75.